The van der Waals surface area contributed by atoms with Gasteiger partial charge in [-0.1, -0.05) is 18.2 Å². The molecule has 1 unspecified atom stereocenters. The second-order valence-electron chi connectivity index (χ2n) is 5.30. The molecular weight excluding hydrogens is 226 g/mol. The summed E-state index contributed by atoms with van der Waals surface area (Å²) >= 11 is 0. The van der Waals surface area contributed by atoms with Gasteiger partial charge in [0.2, 0.25) is 0 Å². The van der Waals surface area contributed by atoms with E-state index >= 15 is 0 Å². The zero-order valence-electron chi connectivity index (χ0n) is 11.1. The number of benzene rings is 1. The second-order valence-corrected chi connectivity index (χ2v) is 5.30. The molecule has 1 aromatic carbocycles. The van der Waals surface area contributed by atoms with Gasteiger partial charge in [-0.3, -0.25) is 4.79 Å². The lowest BCUT2D eigenvalue weighted by Gasteiger charge is -2.19. The third-order valence-corrected chi connectivity index (χ3v) is 3.37. The highest BCUT2D eigenvalue weighted by Gasteiger charge is 2.19. The summed E-state index contributed by atoms with van der Waals surface area (Å²) in [6.07, 6.45) is 3.55. The molecule has 2 rings (SSSR count). The number of aliphatic hydroxyl groups excluding tert-OH is 1. The van der Waals surface area contributed by atoms with Crippen LogP contribution in [0.5, 0.6) is 0 Å². The smallest absolute Gasteiger partial charge is 0.253 e. The zero-order valence-corrected chi connectivity index (χ0v) is 11.1. The number of nitrogens with one attached hydrogen (secondary N) is 1. The van der Waals surface area contributed by atoms with E-state index in [0.717, 1.165) is 12.8 Å². The van der Waals surface area contributed by atoms with Gasteiger partial charge in [0.05, 0.1) is 0 Å². The first-order valence-corrected chi connectivity index (χ1v) is 6.68. The summed E-state index contributed by atoms with van der Waals surface area (Å²) in [4.78, 5) is 11.8. The van der Waals surface area contributed by atoms with Crippen molar-refractivity contribution in [3.63, 3.8) is 0 Å². The van der Waals surface area contributed by atoms with Gasteiger partial charge >= 0.3 is 0 Å². The lowest BCUT2D eigenvalue weighted by molar-refractivity contribution is -0.130. The molecule has 0 aromatic heterocycles. The molecule has 0 saturated carbocycles. The van der Waals surface area contributed by atoms with E-state index in [1.807, 2.05) is 26.0 Å². The standard InChI is InChI=1S/C15H21NO2/c1-10(2)16-15(18)14(17)13-8-7-11-5-3-4-6-12(11)9-13/h7-10,14,17H,3-6H2,1-2H3,(H,16,18). The fraction of sp³-hybridized carbons (Fsp3) is 0.533. The minimum atomic E-state index is -1.06. The topological polar surface area (TPSA) is 49.3 Å². The van der Waals surface area contributed by atoms with Crippen molar-refractivity contribution in [2.75, 3.05) is 0 Å². The monoisotopic (exact) mass is 247 g/mol. The first kappa shape index (κ1) is 13.1. The maximum absolute atomic E-state index is 11.8. The summed E-state index contributed by atoms with van der Waals surface area (Å²) in [5.41, 5.74) is 3.35. The van der Waals surface area contributed by atoms with E-state index < -0.39 is 6.10 Å². The third kappa shape index (κ3) is 2.91. The van der Waals surface area contributed by atoms with Crippen LogP contribution < -0.4 is 5.32 Å². The number of hydrogen-bond acceptors (Lipinski definition) is 2. The Morgan fingerprint density at radius 3 is 2.56 bits per heavy atom. The Balaban J connectivity index is 2.15. The molecule has 0 saturated heterocycles. The molecule has 2 N–H and O–H groups in total. The summed E-state index contributed by atoms with van der Waals surface area (Å²) < 4.78 is 0. The van der Waals surface area contributed by atoms with Crippen molar-refractivity contribution in [1.29, 1.82) is 0 Å². The van der Waals surface area contributed by atoms with E-state index in [1.165, 1.54) is 24.0 Å². The molecule has 1 aliphatic carbocycles. The maximum atomic E-state index is 11.8. The van der Waals surface area contributed by atoms with Crippen LogP contribution in [0.4, 0.5) is 0 Å². The lowest BCUT2D eigenvalue weighted by Crippen LogP contribution is -2.34. The van der Waals surface area contributed by atoms with Crippen molar-refractivity contribution in [2.24, 2.45) is 0 Å². The van der Waals surface area contributed by atoms with Gasteiger partial charge in [0.1, 0.15) is 0 Å². The summed E-state index contributed by atoms with van der Waals surface area (Å²) in [5.74, 6) is -0.319. The van der Waals surface area contributed by atoms with Gasteiger partial charge in [0, 0.05) is 6.04 Å². The fourth-order valence-corrected chi connectivity index (χ4v) is 2.44. The normalized spacial score (nSPS) is 16.2. The van der Waals surface area contributed by atoms with Crippen LogP contribution in [0.2, 0.25) is 0 Å². The molecule has 98 valence electrons. The van der Waals surface area contributed by atoms with Crippen LogP contribution >= 0.6 is 0 Å². The van der Waals surface area contributed by atoms with Gasteiger partial charge in [0.15, 0.2) is 6.10 Å². The highest BCUT2D eigenvalue weighted by molar-refractivity contribution is 5.82. The van der Waals surface area contributed by atoms with Crippen LogP contribution in [-0.4, -0.2) is 17.1 Å². The molecular formula is C15H21NO2. The largest absolute Gasteiger partial charge is 0.378 e. The Bertz CT molecular complexity index is 440. The number of fused-ring (bicyclic) bond motifs is 1. The average Bonchev–Trinajstić information content (AvgIpc) is 2.36. The molecule has 1 amide bonds. The van der Waals surface area contributed by atoms with Crippen LogP contribution in [0.1, 0.15) is 49.5 Å². The van der Waals surface area contributed by atoms with Gasteiger partial charge in [-0.15, -0.1) is 0 Å². The third-order valence-electron chi connectivity index (χ3n) is 3.37. The predicted octanol–water partition coefficient (Wildman–Crippen LogP) is 2.12. The number of amides is 1. The SMILES string of the molecule is CC(C)NC(=O)C(O)c1ccc2c(c1)CCCC2. The fourth-order valence-electron chi connectivity index (χ4n) is 2.44. The molecule has 0 aliphatic heterocycles. The Morgan fingerprint density at radius 1 is 1.22 bits per heavy atom. The Kier molecular flexibility index (Phi) is 4.02. The molecule has 1 aromatic rings. The van der Waals surface area contributed by atoms with Crippen LogP contribution in [-0.2, 0) is 17.6 Å². The van der Waals surface area contributed by atoms with Crippen LogP contribution in [0.15, 0.2) is 18.2 Å². The van der Waals surface area contributed by atoms with Gasteiger partial charge in [-0.05, 0) is 56.2 Å². The molecule has 0 fully saturated rings. The predicted molar refractivity (Wildman–Crippen MR) is 71.3 cm³/mol. The first-order valence-electron chi connectivity index (χ1n) is 6.68. The lowest BCUT2D eigenvalue weighted by atomic mass is 9.89. The molecule has 0 radical (unpaired) electrons. The number of rotatable bonds is 3. The van der Waals surface area contributed by atoms with Crippen molar-refractivity contribution in [1.82, 2.24) is 5.32 Å². The van der Waals surface area contributed by atoms with E-state index in [2.05, 4.69) is 11.4 Å². The van der Waals surface area contributed by atoms with Gasteiger partial charge in [0.25, 0.3) is 5.91 Å². The van der Waals surface area contributed by atoms with E-state index in [9.17, 15) is 9.90 Å². The molecule has 1 atom stereocenters. The van der Waals surface area contributed by atoms with Gasteiger partial charge < -0.3 is 10.4 Å². The molecule has 3 heteroatoms. The van der Waals surface area contributed by atoms with E-state index in [4.69, 9.17) is 0 Å². The van der Waals surface area contributed by atoms with Gasteiger partial charge in [-0.25, -0.2) is 0 Å². The quantitative estimate of drug-likeness (QED) is 0.859. The van der Waals surface area contributed by atoms with Crippen molar-refractivity contribution in [3.05, 3.63) is 34.9 Å². The summed E-state index contributed by atoms with van der Waals surface area (Å²) in [6, 6.07) is 5.95. The van der Waals surface area contributed by atoms with E-state index in [-0.39, 0.29) is 11.9 Å². The number of aliphatic hydroxyl groups is 1. The van der Waals surface area contributed by atoms with E-state index in [1.54, 1.807) is 0 Å². The molecule has 1 aliphatic rings. The molecule has 0 bridgehead atoms. The van der Waals surface area contributed by atoms with Gasteiger partial charge in [-0.2, -0.15) is 0 Å². The molecule has 0 heterocycles. The maximum Gasteiger partial charge on any atom is 0.253 e. The van der Waals surface area contributed by atoms with Crippen LogP contribution in [0.25, 0.3) is 0 Å². The average molecular weight is 247 g/mol. The second kappa shape index (κ2) is 5.53. The Labute approximate surface area is 108 Å². The minimum absolute atomic E-state index is 0.0461. The molecule has 3 nitrogen and oxygen atoms in total. The van der Waals surface area contributed by atoms with Crippen molar-refractivity contribution < 1.29 is 9.90 Å². The van der Waals surface area contributed by atoms with Crippen LogP contribution in [0.3, 0.4) is 0 Å². The van der Waals surface area contributed by atoms with Crippen molar-refractivity contribution >= 4 is 5.91 Å². The number of carbonyl (C=O) groups is 1. The summed E-state index contributed by atoms with van der Waals surface area (Å²) in [5, 5.41) is 12.8. The van der Waals surface area contributed by atoms with Crippen molar-refractivity contribution in [3.8, 4) is 0 Å². The van der Waals surface area contributed by atoms with E-state index in [0.29, 0.717) is 5.56 Å². The van der Waals surface area contributed by atoms with Crippen LogP contribution in [0, 0.1) is 0 Å². The summed E-state index contributed by atoms with van der Waals surface area (Å²) in [7, 11) is 0. The molecule has 0 spiro atoms. The summed E-state index contributed by atoms with van der Waals surface area (Å²) in [6.45, 7) is 3.77. The number of aryl methyl sites for hydroxylation is 2. The Hall–Kier alpha value is -1.35. The minimum Gasteiger partial charge on any atom is -0.378 e. The highest BCUT2D eigenvalue weighted by Crippen LogP contribution is 2.24. The van der Waals surface area contributed by atoms with Crippen molar-refractivity contribution in [2.45, 2.75) is 51.7 Å². The zero-order chi connectivity index (χ0) is 13.1. The first-order chi connectivity index (χ1) is 8.58. The molecule has 18 heavy (non-hydrogen) atoms. The highest BCUT2D eigenvalue weighted by atomic mass is 16.3. The number of hydrogen-bond donors (Lipinski definition) is 2. The Morgan fingerprint density at radius 2 is 1.89 bits per heavy atom. The number of carbonyl (C=O) groups excluding carboxylic acids is 1.